The number of anilines is 1. The van der Waals surface area contributed by atoms with Crippen molar-refractivity contribution in [3.8, 4) is 11.5 Å². The van der Waals surface area contributed by atoms with Gasteiger partial charge in [0, 0.05) is 24.7 Å². The molecule has 5 heteroatoms. The highest BCUT2D eigenvalue weighted by Crippen LogP contribution is 2.32. The molecular formula is C15H20N2O3. The van der Waals surface area contributed by atoms with Gasteiger partial charge in [0.25, 0.3) is 0 Å². The Morgan fingerprint density at radius 1 is 1.20 bits per heavy atom. The Morgan fingerprint density at radius 2 is 2.05 bits per heavy atom. The molecule has 1 fully saturated rings. The first-order valence-corrected chi connectivity index (χ1v) is 7.24. The predicted molar refractivity (Wildman–Crippen MR) is 76.3 cm³/mol. The third kappa shape index (κ3) is 3.04. The van der Waals surface area contributed by atoms with E-state index in [2.05, 4.69) is 10.6 Å². The third-order valence-corrected chi connectivity index (χ3v) is 3.68. The number of piperidine rings is 1. The SMILES string of the molecule is O=C(Nc1ccc2c(c1)OCCCO2)C1CCCNC1. The number of fused-ring (bicyclic) bond motifs is 1. The standard InChI is InChI=1S/C15H20N2O3/c18-15(11-3-1-6-16-10-11)17-12-4-5-13-14(9-12)20-8-2-7-19-13/h4-5,9,11,16H,1-3,6-8,10H2,(H,17,18). The van der Waals surface area contributed by atoms with Crippen LogP contribution in [0.1, 0.15) is 19.3 Å². The number of ether oxygens (including phenoxy) is 2. The van der Waals surface area contributed by atoms with Crippen LogP contribution in [0.3, 0.4) is 0 Å². The summed E-state index contributed by atoms with van der Waals surface area (Å²) in [6.07, 6.45) is 2.88. The number of benzene rings is 1. The van der Waals surface area contributed by atoms with Crippen LogP contribution < -0.4 is 20.1 Å². The number of hydrogen-bond donors (Lipinski definition) is 2. The molecule has 0 aliphatic carbocycles. The quantitative estimate of drug-likeness (QED) is 0.864. The van der Waals surface area contributed by atoms with Gasteiger partial charge in [-0.05, 0) is 31.5 Å². The molecule has 108 valence electrons. The molecule has 1 saturated heterocycles. The molecule has 2 aliphatic rings. The van der Waals surface area contributed by atoms with Gasteiger partial charge in [0.05, 0.1) is 19.1 Å². The summed E-state index contributed by atoms with van der Waals surface area (Å²) in [6, 6.07) is 5.56. The molecule has 1 aromatic rings. The van der Waals surface area contributed by atoms with Crippen LogP contribution in [0, 0.1) is 5.92 Å². The molecule has 3 rings (SSSR count). The van der Waals surface area contributed by atoms with Crippen molar-refractivity contribution in [3.63, 3.8) is 0 Å². The fourth-order valence-corrected chi connectivity index (χ4v) is 2.56. The van der Waals surface area contributed by atoms with Crippen molar-refractivity contribution < 1.29 is 14.3 Å². The summed E-state index contributed by atoms with van der Waals surface area (Å²) in [4.78, 5) is 12.2. The molecule has 0 spiro atoms. The number of nitrogens with one attached hydrogen (secondary N) is 2. The monoisotopic (exact) mass is 276 g/mol. The van der Waals surface area contributed by atoms with Crippen LogP contribution in [-0.2, 0) is 4.79 Å². The molecule has 2 aliphatic heterocycles. The lowest BCUT2D eigenvalue weighted by molar-refractivity contribution is -0.120. The fourth-order valence-electron chi connectivity index (χ4n) is 2.56. The van der Waals surface area contributed by atoms with E-state index in [1.165, 1.54) is 0 Å². The van der Waals surface area contributed by atoms with Crippen LogP contribution in [0.15, 0.2) is 18.2 Å². The highest BCUT2D eigenvalue weighted by molar-refractivity contribution is 5.93. The van der Waals surface area contributed by atoms with E-state index in [0.29, 0.717) is 19.0 Å². The summed E-state index contributed by atoms with van der Waals surface area (Å²) in [5, 5.41) is 6.22. The molecule has 20 heavy (non-hydrogen) atoms. The zero-order chi connectivity index (χ0) is 13.8. The van der Waals surface area contributed by atoms with Crippen molar-refractivity contribution in [3.05, 3.63) is 18.2 Å². The van der Waals surface area contributed by atoms with Crippen LogP contribution in [0.4, 0.5) is 5.69 Å². The van der Waals surface area contributed by atoms with Crippen molar-refractivity contribution in [1.29, 1.82) is 0 Å². The Bertz CT molecular complexity index is 484. The maximum atomic E-state index is 12.2. The van der Waals surface area contributed by atoms with Crippen LogP contribution >= 0.6 is 0 Å². The first-order chi connectivity index (χ1) is 9.83. The van der Waals surface area contributed by atoms with E-state index >= 15 is 0 Å². The van der Waals surface area contributed by atoms with E-state index in [1.807, 2.05) is 18.2 Å². The van der Waals surface area contributed by atoms with Crippen LogP contribution in [0.5, 0.6) is 11.5 Å². The van der Waals surface area contributed by atoms with Gasteiger partial charge in [0.1, 0.15) is 0 Å². The Morgan fingerprint density at radius 3 is 2.85 bits per heavy atom. The van der Waals surface area contributed by atoms with E-state index < -0.39 is 0 Å². The lowest BCUT2D eigenvalue weighted by atomic mass is 9.99. The molecule has 0 aromatic heterocycles. The molecule has 0 radical (unpaired) electrons. The van der Waals surface area contributed by atoms with Gasteiger partial charge in [-0.2, -0.15) is 0 Å². The van der Waals surface area contributed by atoms with Gasteiger partial charge in [-0.1, -0.05) is 0 Å². The summed E-state index contributed by atoms with van der Waals surface area (Å²) < 4.78 is 11.2. The summed E-state index contributed by atoms with van der Waals surface area (Å²) in [5.41, 5.74) is 0.768. The van der Waals surface area contributed by atoms with Crippen molar-refractivity contribution in [2.24, 2.45) is 5.92 Å². The minimum absolute atomic E-state index is 0.0553. The van der Waals surface area contributed by atoms with E-state index in [-0.39, 0.29) is 11.8 Å². The van der Waals surface area contributed by atoms with Gasteiger partial charge in [0.15, 0.2) is 11.5 Å². The average molecular weight is 276 g/mol. The van der Waals surface area contributed by atoms with Gasteiger partial charge in [-0.15, -0.1) is 0 Å². The van der Waals surface area contributed by atoms with E-state index in [1.54, 1.807) is 0 Å². The fraction of sp³-hybridized carbons (Fsp3) is 0.533. The molecule has 2 heterocycles. The Balaban J connectivity index is 1.68. The van der Waals surface area contributed by atoms with Gasteiger partial charge >= 0.3 is 0 Å². The molecular weight excluding hydrogens is 256 g/mol. The number of hydrogen-bond acceptors (Lipinski definition) is 4. The van der Waals surface area contributed by atoms with Gasteiger partial charge in [-0.25, -0.2) is 0 Å². The van der Waals surface area contributed by atoms with Crippen LogP contribution in [0.2, 0.25) is 0 Å². The van der Waals surface area contributed by atoms with Crippen LogP contribution in [0.25, 0.3) is 0 Å². The minimum Gasteiger partial charge on any atom is -0.490 e. The molecule has 0 saturated carbocycles. The molecule has 0 bridgehead atoms. The molecule has 5 nitrogen and oxygen atoms in total. The molecule has 1 unspecified atom stereocenters. The maximum Gasteiger partial charge on any atom is 0.228 e. The number of rotatable bonds is 2. The molecule has 1 atom stereocenters. The van der Waals surface area contributed by atoms with Crippen molar-refractivity contribution >= 4 is 11.6 Å². The highest BCUT2D eigenvalue weighted by atomic mass is 16.5. The van der Waals surface area contributed by atoms with Crippen LogP contribution in [-0.4, -0.2) is 32.2 Å². The largest absolute Gasteiger partial charge is 0.490 e. The Labute approximate surface area is 118 Å². The van der Waals surface area contributed by atoms with E-state index in [9.17, 15) is 4.79 Å². The second-order valence-corrected chi connectivity index (χ2v) is 5.24. The van der Waals surface area contributed by atoms with E-state index in [4.69, 9.17) is 9.47 Å². The average Bonchev–Trinajstić information content (AvgIpc) is 2.73. The Hall–Kier alpha value is -1.75. The summed E-state index contributed by atoms with van der Waals surface area (Å²) in [7, 11) is 0. The normalized spacial score (nSPS) is 21.9. The maximum absolute atomic E-state index is 12.2. The molecule has 1 amide bonds. The lowest BCUT2D eigenvalue weighted by Crippen LogP contribution is -2.37. The molecule has 1 aromatic carbocycles. The van der Waals surface area contributed by atoms with Gasteiger partial charge < -0.3 is 20.1 Å². The zero-order valence-corrected chi connectivity index (χ0v) is 11.5. The topological polar surface area (TPSA) is 59.6 Å². The van der Waals surface area contributed by atoms with Crippen molar-refractivity contribution in [1.82, 2.24) is 5.32 Å². The first-order valence-electron chi connectivity index (χ1n) is 7.24. The number of carbonyl (C=O) groups is 1. The predicted octanol–water partition coefficient (Wildman–Crippen LogP) is 1.79. The van der Waals surface area contributed by atoms with Crippen molar-refractivity contribution in [2.45, 2.75) is 19.3 Å². The summed E-state index contributed by atoms with van der Waals surface area (Å²) in [5.74, 6) is 1.59. The van der Waals surface area contributed by atoms with Gasteiger partial charge in [-0.3, -0.25) is 4.79 Å². The second kappa shape index (κ2) is 6.13. The Kier molecular flexibility index (Phi) is 4.06. The minimum atomic E-state index is 0.0553. The number of carbonyl (C=O) groups excluding carboxylic acids is 1. The van der Waals surface area contributed by atoms with Gasteiger partial charge in [0.2, 0.25) is 5.91 Å². The highest BCUT2D eigenvalue weighted by Gasteiger charge is 2.21. The third-order valence-electron chi connectivity index (χ3n) is 3.68. The first kappa shape index (κ1) is 13.2. The summed E-state index contributed by atoms with van der Waals surface area (Å²) in [6.45, 7) is 3.09. The lowest BCUT2D eigenvalue weighted by Gasteiger charge is -2.22. The van der Waals surface area contributed by atoms with Crippen molar-refractivity contribution in [2.75, 3.05) is 31.6 Å². The smallest absolute Gasteiger partial charge is 0.228 e. The molecule has 2 N–H and O–H groups in total. The zero-order valence-electron chi connectivity index (χ0n) is 11.5. The van der Waals surface area contributed by atoms with E-state index in [0.717, 1.165) is 43.8 Å². The summed E-state index contributed by atoms with van der Waals surface area (Å²) >= 11 is 0. The number of amides is 1. The second-order valence-electron chi connectivity index (χ2n) is 5.24.